The monoisotopic (exact) mass is 333 g/mol. The highest BCUT2D eigenvalue weighted by molar-refractivity contribution is 7.86. The first-order chi connectivity index (χ1) is 11.0. The van der Waals surface area contributed by atoms with Gasteiger partial charge in [-0.2, -0.15) is 8.42 Å². The number of carbonyl (C=O) groups excluding carboxylic acids is 1. The van der Waals surface area contributed by atoms with E-state index in [1.165, 1.54) is 24.4 Å². The van der Waals surface area contributed by atoms with Gasteiger partial charge in [0.05, 0.1) is 5.52 Å². The lowest BCUT2D eigenvalue weighted by Crippen LogP contribution is -2.12. The molecule has 0 saturated heterocycles. The maximum absolute atomic E-state index is 13.3. The van der Waals surface area contributed by atoms with Crippen LogP contribution in [-0.2, 0) is 21.6 Å². The maximum Gasteiger partial charge on any atom is 0.418 e. The van der Waals surface area contributed by atoms with Gasteiger partial charge < -0.3 is 4.74 Å². The average molecular weight is 333 g/mol. The molecule has 0 spiro atoms. The molecule has 23 heavy (non-hydrogen) atoms. The molecule has 0 aliphatic carbocycles. The Labute approximate surface area is 132 Å². The van der Waals surface area contributed by atoms with Crippen molar-refractivity contribution in [1.82, 2.24) is 4.57 Å². The third-order valence-corrected chi connectivity index (χ3v) is 4.24. The molecule has 118 valence electrons. The van der Waals surface area contributed by atoms with Crippen LogP contribution in [0.5, 0.6) is 0 Å². The largest absolute Gasteiger partial charge is 0.444 e. The number of ether oxygens (including phenoxy) is 1. The predicted molar refractivity (Wildman–Crippen MR) is 82.3 cm³/mol. The van der Waals surface area contributed by atoms with Crippen LogP contribution in [0.2, 0.25) is 0 Å². The molecule has 0 N–H and O–H groups in total. The number of hydrogen-bond acceptors (Lipinski definition) is 4. The summed E-state index contributed by atoms with van der Waals surface area (Å²) < 4.78 is 41.9. The van der Waals surface area contributed by atoms with Crippen molar-refractivity contribution in [2.75, 3.05) is 0 Å². The van der Waals surface area contributed by atoms with Crippen molar-refractivity contribution in [1.29, 1.82) is 0 Å². The highest BCUT2D eigenvalue weighted by Crippen LogP contribution is 2.25. The van der Waals surface area contributed by atoms with Crippen molar-refractivity contribution in [2.24, 2.45) is 0 Å². The summed E-state index contributed by atoms with van der Waals surface area (Å²) >= 11 is 0. The summed E-state index contributed by atoms with van der Waals surface area (Å²) in [6.45, 7) is 0.0838. The van der Waals surface area contributed by atoms with E-state index in [2.05, 4.69) is 0 Å². The molecule has 0 saturated carbocycles. The van der Waals surface area contributed by atoms with Gasteiger partial charge in [-0.25, -0.2) is 4.79 Å². The first-order valence-corrected chi connectivity index (χ1v) is 8.11. The lowest BCUT2D eigenvalue weighted by Gasteiger charge is -2.07. The van der Waals surface area contributed by atoms with E-state index >= 15 is 0 Å². The number of benzene rings is 2. The number of carbonyl (C=O) groups is 1. The fourth-order valence-electron chi connectivity index (χ4n) is 2.30. The van der Waals surface area contributed by atoms with Crippen LogP contribution in [-0.4, -0.2) is 19.1 Å². The van der Waals surface area contributed by atoms with Gasteiger partial charge in [-0.05, 0) is 23.8 Å². The summed E-state index contributed by atoms with van der Waals surface area (Å²) in [5, 5.41) is 0.131. The van der Waals surface area contributed by atoms with Gasteiger partial charge in [-0.15, -0.1) is 3.89 Å². The van der Waals surface area contributed by atoms with Crippen LogP contribution in [0.3, 0.4) is 0 Å². The molecular weight excluding hydrogens is 321 g/mol. The first kappa shape index (κ1) is 15.2. The number of rotatable bonds is 3. The summed E-state index contributed by atoms with van der Waals surface area (Å²) in [5.41, 5.74) is 1.09. The molecule has 0 unspecified atom stereocenters. The molecule has 1 aromatic heterocycles. The number of aromatic nitrogens is 1. The Morgan fingerprint density at radius 1 is 1.04 bits per heavy atom. The minimum absolute atomic E-state index is 0.0838. The van der Waals surface area contributed by atoms with Crippen LogP contribution in [0.25, 0.3) is 10.9 Å². The van der Waals surface area contributed by atoms with Gasteiger partial charge in [-0.3, -0.25) is 4.57 Å². The number of hydrogen-bond donors (Lipinski definition) is 0. The highest BCUT2D eigenvalue weighted by atomic mass is 32.3. The normalized spacial score (nSPS) is 11.5. The third kappa shape index (κ3) is 3.09. The highest BCUT2D eigenvalue weighted by Gasteiger charge is 2.19. The van der Waals surface area contributed by atoms with Crippen LogP contribution in [0.15, 0.2) is 65.7 Å². The van der Waals surface area contributed by atoms with E-state index in [0.717, 1.165) is 16.2 Å². The van der Waals surface area contributed by atoms with E-state index in [0.29, 0.717) is 0 Å². The molecule has 0 aliphatic rings. The van der Waals surface area contributed by atoms with Crippen molar-refractivity contribution in [3.8, 4) is 0 Å². The van der Waals surface area contributed by atoms with Gasteiger partial charge in [0.2, 0.25) is 0 Å². The predicted octanol–water partition coefficient (Wildman–Crippen LogP) is 3.48. The zero-order valence-corrected chi connectivity index (χ0v) is 12.7. The topological polar surface area (TPSA) is 65.4 Å². The van der Waals surface area contributed by atoms with Gasteiger partial charge >= 0.3 is 16.3 Å². The summed E-state index contributed by atoms with van der Waals surface area (Å²) in [6, 6.07) is 14.5. The SMILES string of the molecule is O=C(OCc1ccccc1)n1ccc2c(S(=O)(=O)F)cccc21. The van der Waals surface area contributed by atoms with Crippen molar-refractivity contribution < 1.29 is 21.8 Å². The fraction of sp³-hybridized carbons (Fsp3) is 0.0625. The Kier molecular flexibility index (Phi) is 3.87. The van der Waals surface area contributed by atoms with Crippen LogP contribution in [0.1, 0.15) is 5.56 Å². The van der Waals surface area contributed by atoms with Crippen molar-refractivity contribution >= 4 is 27.2 Å². The van der Waals surface area contributed by atoms with Crippen LogP contribution in [0.4, 0.5) is 8.68 Å². The maximum atomic E-state index is 13.3. The van der Waals surface area contributed by atoms with Crippen LogP contribution in [0, 0.1) is 0 Å². The van der Waals surface area contributed by atoms with E-state index in [1.807, 2.05) is 30.3 Å². The van der Waals surface area contributed by atoms with Crippen molar-refractivity contribution in [3.05, 3.63) is 66.4 Å². The van der Waals surface area contributed by atoms with E-state index in [9.17, 15) is 17.1 Å². The molecule has 0 radical (unpaired) electrons. The summed E-state index contributed by atoms with van der Waals surface area (Å²) in [4.78, 5) is 11.7. The molecule has 0 aliphatic heterocycles. The van der Waals surface area contributed by atoms with E-state index < -0.39 is 21.2 Å². The zero-order valence-electron chi connectivity index (χ0n) is 11.8. The standard InChI is InChI=1S/C16H12FNO4S/c17-23(20,21)15-8-4-7-14-13(15)9-10-18(14)16(19)22-11-12-5-2-1-3-6-12/h1-10H,11H2. The summed E-state index contributed by atoms with van der Waals surface area (Å²) in [6.07, 6.45) is 0.685. The molecule has 3 rings (SSSR count). The Morgan fingerprint density at radius 3 is 2.48 bits per heavy atom. The van der Waals surface area contributed by atoms with Crippen molar-refractivity contribution in [2.45, 2.75) is 11.5 Å². The zero-order chi connectivity index (χ0) is 16.4. The number of halogens is 1. The second-order valence-electron chi connectivity index (χ2n) is 4.85. The lowest BCUT2D eigenvalue weighted by molar-refractivity contribution is 0.142. The molecular formula is C16H12FNO4S. The molecule has 0 fully saturated rings. The molecule has 3 aromatic rings. The lowest BCUT2D eigenvalue weighted by atomic mass is 10.2. The van der Waals surface area contributed by atoms with E-state index in [4.69, 9.17) is 4.74 Å². The Morgan fingerprint density at radius 2 is 1.78 bits per heavy atom. The Balaban J connectivity index is 1.90. The molecule has 0 atom stereocenters. The molecule has 0 bridgehead atoms. The third-order valence-electron chi connectivity index (χ3n) is 3.36. The van der Waals surface area contributed by atoms with Crippen LogP contribution < -0.4 is 0 Å². The molecule has 1 heterocycles. The summed E-state index contributed by atoms with van der Waals surface area (Å²) in [7, 11) is -4.86. The summed E-state index contributed by atoms with van der Waals surface area (Å²) in [5.74, 6) is 0. The first-order valence-electron chi connectivity index (χ1n) is 6.72. The van der Waals surface area contributed by atoms with Gasteiger partial charge in [0.1, 0.15) is 11.5 Å². The van der Waals surface area contributed by atoms with E-state index in [1.54, 1.807) is 0 Å². The molecule has 5 nitrogen and oxygen atoms in total. The van der Waals surface area contributed by atoms with Gasteiger partial charge in [0, 0.05) is 11.6 Å². The Bertz CT molecular complexity index is 964. The average Bonchev–Trinajstić information content (AvgIpc) is 2.96. The minimum atomic E-state index is -4.86. The number of nitrogens with zero attached hydrogens (tertiary/aromatic N) is 1. The van der Waals surface area contributed by atoms with Crippen LogP contribution >= 0.6 is 0 Å². The smallest absolute Gasteiger partial charge is 0.418 e. The molecule has 2 aromatic carbocycles. The fourth-order valence-corrected chi connectivity index (χ4v) is 2.98. The number of fused-ring (bicyclic) bond motifs is 1. The second-order valence-corrected chi connectivity index (χ2v) is 6.17. The quantitative estimate of drug-likeness (QED) is 0.688. The van der Waals surface area contributed by atoms with Gasteiger partial charge in [-0.1, -0.05) is 36.4 Å². The second kappa shape index (κ2) is 5.85. The Hall–Kier alpha value is -2.67. The van der Waals surface area contributed by atoms with E-state index in [-0.39, 0.29) is 17.5 Å². The molecule has 7 heteroatoms. The van der Waals surface area contributed by atoms with Gasteiger partial charge in [0.15, 0.2) is 0 Å². The molecule has 0 amide bonds. The van der Waals surface area contributed by atoms with Crippen molar-refractivity contribution in [3.63, 3.8) is 0 Å². The van der Waals surface area contributed by atoms with Gasteiger partial charge in [0.25, 0.3) is 0 Å². The minimum Gasteiger partial charge on any atom is -0.444 e.